The second-order valence-electron chi connectivity index (χ2n) is 2.98. The Morgan fingerprint density at radius 3 is 2.60 bits per heavy atom. The van der Waals surface area contributed by atoms with Crippen LogP contribution in [0, 0.1) is 5.82 Å². The second-order valence-corrected chi connectivity index (χ2v) is 2.98. The molecule has 0 radical (unpaired) electrons. The third-order valence-electron chi connectivity index (χ3n) is 2.15. The maximum Gasteiger partial charge on any atom is 0.338 e. The molecule has 0 saturated carbocycles. The maximum absolute atomic E-state index is 13.5. The molecule has 0 N–H and O–H groups in total. The van der Waals surface area contributed by atoms with Gasteiger partial charge in [0.15, 0.2) is 0 Å². The Morgan fingerprint density at radius 2 is 2.13 bits per heavy atom. The fourth-order valence-electron chi connectivity index (χ4n) is 1.37. The van der Waals surface area contributed by atoms with E-state index in [1.54, 1.807) is 0 Å². The monoisotopic (exact) mass is 210 g/mol. The van der Waals surface area contributed by atoms with Crippen molar-refractivity contribution in [2.24, 2.45) is 0 Å². The molecule has 0 heterocycles. The summed E-state index contributed by atoms with van der Waals surface area (Å²) in [7, 11) is 4.51. The van der Waals surface area contributed by atoms with Gasteiger partial charge >= 0.3 is 5.97 Å². The van der Waals surface area contributed by atoms with Crippen LogP contribution in [0.5, 0.6) is 5.75 Å². The molecular weight excluding hydrogens is 198 g/mol. The minimum Gasteiger partial charge on any atom is -0.496 e. The Balaban J connectivity index is 3.25. The Morgan fingerprint density at radius 1 is 1.47 bits per heavy atom. The van der Waals surface area contributed by atoms with Crippen LogP contribution in [0.3, 0.4) is 0 Å². The molecule has 0 saturated heterocycles. The van der Waals surface area contributed by atoms with Crippen LogP contribution in [0.2, 0.25) is 0 Å². The lowest BCUT2D eigenvalue weighted by atomic mass is 9.94. The third-order valence-corrected chi connectivity index (χ3v) is 2.15. The minimum absolute atomic E-state index is 0.157. The van der Waals surface area contributed by atoms with Gasteiger partial charge in [0.2, 0.25) is 0 Å². The van der Waals surface area contributed by atoms with Crippen LogP contribution in [0.1, 0.15) is 15.9 Å². The number of ether oxygens (including phenoxy) is 2. The van der Waals surface area contributed by atoms with E-state index in [-0.39, 0.29) is 5.56 Å². The summed E-state index contributed by atoms with van der Waals surface area (Å²) in [5.74, 6) is -0.648. The number of methoxy groups -OCH3 is 2. The van der Waals surface area contributed by atoms with Gasteiger partial charge in [-0.1, -0.05) is 6.32 Å². The summed E-state index contributed by atoms with van der Waals surface area (Å²) in [5, 5.41) is 0. The summed E-state index contributed by atoms with van der Waals surface area (Å²) >= 11 is 0. The molecule has 0 amide bonds. The minimum atomic E-state index is -0.574. The van der Waals surface area contributed by atoms with Crippen molar-refractivity contribution >= 4 is 13.8 Å². The first-order valence-electron chi connectivity index (χ1n) is 4.58. The number of esters is 1. The topological polar surface area (TPSA) is 35.5 Å². The van der Waals surface area contributed by atoms with E-state index in [0.29, 0.717) is 17.6 Å². The van der Waals surface area contributed by atoms with Crippen molar-refractivity contribution in [2.75, 3.05) is 14.2 Å². The van der Waals surface area contributed by atoms with E-state index in [0.717, 1.165) is 6.07 Å². The van der Waals surface area contributed by atoms with Crippen molar-refractivity contribution in [1.29, 1.82) is 0 Å². The normalized spacial score (nSPS) is 9.80. The van der Waals surface area contributed by atoms with Crippen LogP contribution in [0.15, 0.2) is 12.1 Å². The molecule has 0 fully saturated rings. The van der Waals surface area contributed by atoms with E-state index in [9.17, 15) is 9.18 Å². The zero-order valence-corrected chi connectivity index (χ0v) is 8.96. The summed E-state index contributed by atoms with van der Waals surface area (Å²) in [5.41, 5.74) is 0.620. The standard InChI is InChI=1S/C10H12BFO3/c1-14-9-4-6(10(13)15-2)3-8(12)7(9)5-11/h3-4H,5,11H2,1-2H3. The predicted molar refractivity (Wildman–Crippen MR) is 56.5 cm³/mol. The highest BCUT2D eigenvalue weighted by Crippen LogP contribution is 2.24. The molecule has 15 heavy (non-hydrogen) atoms. The van der Waals surface area contributed by atoms with Crippen molar-refractivity contribution < 1.29 is 18.7 Å². The van der Waals surface area contributed by atoms with Gasteiger partial charge in [-0.05, 0) is 12.1 Å². The Bertz CT molecular complexity index is 379. The van der Waals surface area contributed by atoms with E-state index in [2.05, 4.69) is 4.74 Å². The fourth-order valence-corrected chi connectivity index (χ4v) is 1.37. The largest absolute Gasteiger partial charge is 0.496 e. The molecule has 1 rings (SSSR count). The average Bonchev–Trinajstić information content (AvgIpc) is 2.26. The zero-order valence-electron chi connectivity index (χ0n) is 8.96. The SMILES string of the molecule is BCc1c(F)cc(C(=O)OC)cc1OC. The van der Waals surface area contributed by atoms with Gasteiger partial charge in [-0.2, -0.15) is 0 Å². The van der Waals surface area contributed by atoms with Gasteiger partial charge in [0.1, 0.15) is 19.4 Å². The molecule has 0 unspecified atom stereocenters. The molecule has 1 aromatic carbocycles. The number of hydrogen-bond acceptors (Lipinski definition) is 3. The predicted octanol–water partition coefficient (Wildman–Crippen LogP) is 0.754. The second kappa shape index (κ2) is 4.82. The lowest BCUT2D eigenvalue weighted by Crippen LogP contribution is -2.05. The number of halogens is 1. The van der Waals surface area contributed by atoms with Crippen LogP contribution in [-0.4, -0.2) is 28.0 Å². The molecule has 1 aromatic rings. The number of rotatable bonds is 3. The van der Waals surface area contributed by atoms with Gasteiger partial charge in [-0.15, -0.1) is 0 Å². The molecule has 0 spiro atoms. The van der Waals surface area contributed by atoms with Crippen LogP contribution in [0.25, 0.3) is 0 Å². The molecule has 0 aliphatic heterocycles. The Labute approximate surface area is 88.6 Å². The summed E-state index contributed by atoms with van der Waals surface area (Å²) < 4.78 is 23.0. The molecule has 5 heteroatoms. The van der Waals surface area contributed by atoms with Crippen LogP contribution in [0.4, 0.5) is 4.39 Å². The molecule has 80 valence electrons. The molecule has 0 bridgehead atoms. The quantitative estimate of drug-likeness (QED) is 0.545. The number of carbonyl (C=O) groups excluding carboxylic acids is 1. The number of hydrogen-bond donors (Lipinski definition) is 0. The van der Waals surface area contributed by atoms with Gasteiger partial charge in [-0.25, -0.2) is 9.18 Å². The molecular formula is C10H12BFO3. The molecule has 0 aliphatic rings. The van der Waals surface area contributed by atoms with Crippen LogP contribution >= 0.6 is 0 Å². The third kappa shape index (κ3) is 2.29. The summed E-state index contributed by atoms with van der Waals surface area (Å²) in [4.78, 5) is 11.2. The van der Waals surface area contributed by atoms with Crippen molar-refractivity contribution in [3.63, 3.8) is 0 Å². The zero-order chi connectivity index (χ0) is 11.4. The first kappa shape index (κ1) is 11.6. The first-order valence-corrected chi connectivity index (χ1v) is 4.58. The van der Waals surface area contributed by atoms with E-state index < -0.39 is 11.8 Å². The molecule has 0 aromatic heterocycles. The lowest BCUT2D eigenvalue weighted by molar-refractivity contribution is 0.0599. The lowest BCUT2D eigenvalue weighted by Gasteiger charge is -2.09. The number of benzene rings is 1. The van der Waals surface area contributed by atoms with Gasteiger partial charge in [-0.3, -0.25) is 0 Å². The Kier molecular flexibility index (Phi) is 3.71. The summed E-state index contributed by atoms with van der Waals surface area (Å²) in [6, 6.07) is 2.64. The van der Waals surface area contributed by atoms with Gasteiger partial charge < -0.3 is 9.47 Å². The van der Waals surface area contributed by atoms with Gasteiger partial charge in [0.25, 0.3) is 0 Å². The van der Waals surface area contributed by atoms with Crippen molar-refractivity contribution in [1.82, 2.24) is 0 Å². The van der Waals surface area contributed by atoms with E-state index in [1.165, 1.54) is 20.3 Å². The van der Waals surface area contributed by atoms with Crippen LogP contribution < -0.4 is 4.74 Å². The molecule has 0 atom stereocenters. The van der Waals surface area contributed by atoms with Crippen LogP contribution in [-0.2, 0) is 11.1 Å². The first-order chi connectivity index (χ1) is 7.13. The van der Waals surface area contributed by atoms with Crippen molar-refractivity contribution in [3.8, 4) is 5.75 Å². The Hall–Kier alpha value is -1.52. The van der Waals surface area contributed by atoms with E-state index in [1.807, 2.05) is 7.85 Å². The summed E-state index contributed by atoms with van der Waals surface area (Å²) in [6.45, 7) is 0. The van der Waals surface area contributed by atoms with E-state index in [4.69, 9.17) is 4.74 Å². The van der Waals surface area contributed by atoms with Crippen molar-refractivity contribution in [2.45, 2.75) is 6.32 Å². The molecule has 0 aliphatic carbocycles. The molecule has 3 nitrogen and oxygen atoms in total. The highest BCUT2D eigenvalue weighted by molar-refractivity contribution is 6.08. The maximum atomic E-state index is 13.5. The van der Waals surface area contributed by atoms with E-state index >= 15 is 0 Å². The highest BCUT2D eigenvalue weighted by Gasteiger charge is 2.14. The highest BCUT2D eigenvalue weighted by atomic mass is 19.1. The van der Waals surface area contributed by atoms with Crippen molar-refractivity contribution in [3.05, 3.63) is 29.1 Å². The smallest absolute Gasteiger partial charge is 0.338 e. The van der Waals surface area contributed by atoms with Gasteiger partial charge in [0, 0.05) is 5.56 Å². The fraction of sp³-hybridized carbons (Fsp3) is 0.300. The summed E-state index contributed by atoms with van der Waals surface area (Å²) in [6.07, 6.45) is 0.510. The average molecular weight is 210 g/mol. The number of carbonyl (C=O) groups is 1. The van der Waals surface area contributed by atoms with Gasteiger partial charge in [0.05, 0.1) is 19.8 Å².